The second-order valence-electron chi connectivity index (χ2n) is 7.19. The summed E-state index contributed by atoms with van der Waals surface area (Å²) in [6.07, 6.45) is 3.62. The van der Waals surface area contributed by atoms with Crippen molar-refractivity contribution in [1.29, 1.82) is 0 Å². The van der Waals surface area contributed by atoms with Crippen LogP contribution in [-0.2, 0) is 9.84 Å². The van der Waals surface area contributed by atoms with E-state index >= 15 is 0 Å². The van der Waals surface area contributed by atoms with Gasteiger partial charge in [0.1, 0.15) is 0 Å². The van der Waals surface area contributed by atoms with Crippen LogP contribution in [0.4, 0.5) is 0 Å². The number of fused-ring (bicyclic) bond motifs is 2. The number of amides is 1. The number of nitrogens with two attached hydrogens (primary N) is 1. The average Bonchev–Trinajstić information content (AvgIpc) is 3.15. The van der Waals surface area contributed by atoms with E-state index in [-0.39, 0.29) is 38.2 Å². The molecule has 2 aromatic carbocycles. The first-order valence-corrected chi connectivity index (χ1v) is 10.4. The number of nitrogens with one attached hydrogen (secondary N) is 1. The van der Waals surface area contributed by atoms with E-state index in [0.717, 1.165) is 25.7 Å². The zero-order valence-corrected chi connectivity index (χ0v) is 15.5. The van der Waals surface area contributed by atoms with Gasteiger partial charge in [-0.2, -0.15) is 0 Å². The topological polar surface area (TPSA) is 106 Å². The van der Waals surface area contributed by atoms with Gasteiger partial charge in [-0.3, -0.25) is 9.59 Å². The van der Waals surface area contributed by atoms with Gasteiger partial charge < -0.3 is 11.1 Å². The van der Waals surface area contributed by atoms with E-state index in [2.05, 4.69) is 5.32 Å². The smallest absolute Gasteiger partial charge is 0.251 e. The molecular formula is C20H20N2O4S. The summed E-state index contributed by atoms with van der Waals surface area (Å²) in [6.45, 7) is 0.341. The highest BCUT2D eigenvalue weighted by molar-refractivity contribution is 7.91. The van der Waals surface area contributed by atoms with Gasteiger partial charge in [-0.1, -0.05) is 25.0 Å². The Kier molecular flexibility index (Phi) is 4.16. The molecule has 0 spiro atoms. The zero-order chi connectivity index (χ0) is 19.2. The molecule has 3 N–H and O–H groups in total. The normalized spacial score (nSPS) is 19.2. The maximum Gasteiger partial charge on any atom is 0.251 e. The molecular weight excluding hydrogens is 364 g/mol. The Labute approximate surface area is 157 Å². The van der Waals surface area contributed by atoms with E-state index in [4.69, 9.17) is 5.73 Å². The first kappa shape index (κ1) is 17.9. The molecule has 0 saturated heterocycles. The number of rotatable bonds is 3. The number of hydrogen-bond acceptors (Lipinski definition) is 5. The molecule has 2 aliphatic rings. The third-order valence-electron chi connectivity index (χ3n) is 5.53. The third-order valence-corrected chi connectivity index (χ3v) is 7.38. The van der Waals surface area contributed by atoms with Gasteiger partial charge in [0.25, 0.3) is 5.91 Å². The Morgan fingerprint density at radius 2 is 1.70 bits per heavy atom. The van der Waals surface area contributed by atoms with E-state index in [1.807, 2.05) is 0 Å². The molecule has 1 amide bonds. The quantitative estimate of drug-likeness (QED) is 0.719. The van der Waals surface area contributed by atoms with Crippen molar-refractivity contribution in [1.82, 2.24) is 5.32 Å². The van der Waals surface area contributed by atoms with Gasteiger partial charge in [-0.25, -0.2) is 8.42 Å². The fourth-order valence-corrected chi connectivity index (χ4v) is 5.65. The zero-order valence-electron chi connectivity index (χ0n) is 14.7. The summed E-state index contributed by atoms with van der Waals surface area (Å²) in [5.74, 6) is -0.719. The van der Waals surface area contributed by atoms with Crippen molar-refractivity contribution in [2.24, 2.45) is 5.73 Å². The van der Waals surface area contributed by atoms with Crippen molar-refractivity contribution in [3.05, 3.63) is 59.2 Å². The summed E-state index contributed by atoms with van der Waals surface area (Å²) < 4.78 is 26.0. The largest absolute Gasteiger partial charge is 0.345 e. The summed E-state index contributed by atoms with van der Waals surface area (Å²) in [7, 11) is -3.86. The Morgan fingerprint density at radius 3 is 2.41 bits per heavy atom. The Bertz CT molecular complexity index is 1050. The Morgan fingerprint density at radius 1 is 1.04 bits per heavy atom. The minimum Gasteiger partial charge on any atom is -0.345 e. The molecule has 140 valence electrons. The predicted molar refractivity (Wildman–Crippen MR) is 99.5 cm³/mol. The SMILES string of the molecule is NCC1(NC(=O)c2ccc3c(c2)S(=O)(=O)c2ccccc2C3=O)CCCC1. The van der Waals surface area contributed by atoms with Crippen LogP contribution in [0.1, 0.15) is 52.0 Å². The number of carbonyl (C=O) groups excluding carboxylic acids is 2. The molecule has 1 fully saturated rings. The van der Waals surface area contributed by atoms with Gasteiger partial charge >= 0.3 is 0 Å². The fraction of sp³-hybridized carbons (Fsp3) is 0.300. The summed E-state index contributed by atoms with van der Waals surface area (Å²) in [5, 5.41) is 2.98. The number of sulfone groups is 1. The molecule has 0 atom stereocenters. The van der Waals surface area contributed by atoms with Crippen molar-refractivity contribution in [2.75, 3.05) is 6.54 Å². The Balaban J connectivity index is 1.75. The Hall–Kier alpha value is -2.51. The molecule has 0 bridgehead atoms. The van der Waals surface area contributed by atoms with Crippen molar-refractivity contribution in [3.63, 3.8) is 0 Å². The van der Waals surface area contributed by atoms with E-state index in [9.17, 15) is 18.0 Å². The molecule has 7 heteroatoms. The van der Waals surface area contributed by atoms with Crippen molar-refractivity contribution >= 4 is 21.5 Å². The lowest BCUT2D eigenvalue weighted by Gasteiger charge is -2.29. The van der Waals surface area contributed by atoms with Gasteiger partial charge in [0.15, 0.2) is 5.78 Å². The van der Waals surface area contributed by atoms with Crippen LogP contribution in [0.3, 0.4) is 0 Å². The van der Waals surface area contributed by atoms with Gasteiger partial charge in [-0.05, 0) is 43.2 Å². The summed E-state index contributed by atoms with van der Waals surface area (Å²) in [6, 6.07) is 10.3. The third kappa shape index (κ3) is 2.78. The highest BCUT2D eigenvalue weighted by atomic mass is 32.2. The van der Waals surface area contributed by atoms with Crippen LogP contribution < -0.4 is 11.1 Å². The number of benzene rings is 2. The van der Waals surface area contributed by atoms with Gasteiger partial charge in [0, 0.05) is 23.2 Å². The lowest BCUT2D eigenvalue weighted by atomic mass is 9.96. The van der Waals surface area contributed by atoms with Crippen LogP contribution in [-0.4, -0.2) is 32.2 Å². The van der Waals surface area contributed by atoms with Crippen LogP contribution in [0, 0.1) is 0 Å². The van der Waals surface area contributed by atoms with E-state index < -0.39 is 15.4 Å². The van der Waals surface area contributed by atoms with E-state index in [0.29, 0.717) is 6.54 Å². The summed E-state index contributed by atoms with van der Waals surface area (Å²) in [4.78, 5) is 25.3. The second kappa shape index (κ2) is 6.28. The molecule has 0 unspecified atom stereocenters. The van der Waals surface area contributed by atoms with Crippen LogP contribution in [0.5, 0.6) is 0 Å². The minimum atomic E-state index is -3.86. The number of hydrogen-bond donors (Lipinski definition) is 2. The first-order valence-electron chi connectivity index (χ1n) is 8.93. The van der Waals surface area contributed by atoms with Crippen molar-refractivity contribution in [2.45, 2.75) is 41.0 Å². The molecule has 6 nitrogen and oxygen atoms in total. The molecule has 1 aliphatic carbocycles. The lowest BCUT2D eigenvalue weighted by molar-refractivity contribution is 0.0901. The molecule has 0 aromatic heterocycles. The van der Waals surface area contributed by atoms with E-state index in [1.54, 1.807) is 12.1 Å². The molecule has 1 aliphatic heterocycles. The average molecular weight is 384 g/mol. The number of carbonyl (C=O) groups is 2. The molecule has 0 radical (unpaired) electrons. The van der Waals surface area contributed by atoms with Crippen LogP contribution in [0.2, 0.25) is 0 Å². The van der Waals surface area contributed by atoms with Gasteiger partial charge in [0.2, 0.25) is 9.84 Å². The highest BCUT2D eigenvalue weighted by Gasteiger charge is 2.37. The minimum absolute atomic E-state index is 0.0192. The molecule has 2 aromatic rings. The van der Waals surface area contributed by atoms with Crippen LogP contribution >= 0.6 is 0 Å². The summed E-state index contributed by atoms with van der Waals surface area (Å²) >= 11 is 0. The second-order valence-corrected chi connectivity index (χ2v) is 9.07. The maximum atomic E-state index is 13.0. The van der Waals surface area contributed by atoms with Crippen LogP contribution in [0.25, 0.3) is 0 Å². The lowest BCUT2D eigenvalue weighted by Crippen LogP contribution is -2.51. The predicted octanol–water partition coefficient (Wildman–Crippen LogP) is 2.07. The fourth-order valence-electron chi connectivity index (χ4n) is 3.97. The van der Waals surface area contributed by atoms with Gasteiger partial charge in [0.05, 0.1) is 15.3 Å². The standard InChI is InChI=1S/C20H20N2O4S/c21-12-20(9-3-4-10-20)22-19(24)13-7-8-15-17(11-13)27(25,26)16-6-2-1-5-14(16)18(15)23/h1-2,5-8,11H,3-4,9-10,12,21H2,(H,22,24). The molecule has 27 heavy (non-hydrogen) atoms. The van der Waals surface area contributed by atoms with Crippen molar-refractivity contribution < 1.29 is 18.0 Å². The molecule has 1 saturated carbocycles. The van der Waals surface area contributed by atoms with Crippen LogP contribution in [0.15, 0.2) is 52.3 Å². The first-order chi connectivity index (χ1) is 12.9. The molecule has 4 rings (SSSR count). The van der Waals surface area contributed by atoms with E-state index in [1.165, 1.54) is 30.3 Å². The van der Waals surface area contributed by atoms with Gasteiger partial charge in [-0.15, -0.1) is 0 Å². The van der Waals surface area contributed by atoms with Crippen molar-refractivity contribution in [3.8, 4) is 0 Å². The molecule has 1 heterocycles. The monoisotopic (exact) mass is 384 g/mol. The number of ketones is 1. The summed E-state index contributed by atoms with van der Waals surface area (Å²) in [5.41, 5.74) is 5.90. The highest BCUT2D eigenvalue weighted by Crippen LogP contribution is 2.35. The maximum absolute atomic E-state index is 13.0.